The predicted molar refractivity (Wildman–Crippen MR) is 112 cm³/mol. The summed E-state index contributed by atoms with van der Waals surface area (Å²) < 4.78 is 44.6. The molecule has 0 radical (unpaired) electrons. The van der Waals surface area contributed by atoms with Crippen LogP contribution in [0.5, 0.6) is 0 Å². The van der Waals surface area contributed by atoms with Crippen molar-refractivity contribution in [3.63, 3.8) is 0 Å². The number of oxazole rings is 1. The van der Waals surface area contributed by atoms with Crippen LogP contribution in [0.2, 0.25) is 10.0 Å². The van der Waals surface area contributed by atoms with E-state index >= 15 is 0 Å². The average molecular weight is 470 g/mol. The molecule has 1 aliphatic rings. The molecule has 1 aromatic heterocycles. The summed E-state index contributed by atoms with van der Waals surface area (Å²) >= 11 is 12.0. The van der Waals surface area contributed by atoms with Crippen LogP contribution in [0, 0.1) is 0 Å². The highest BCUT2D eigenvalue weighted by atomic mass is 35.5. The zero-order valence-electron chi connectivity index (χ0n) is 16.0. The molecule has 0 bridgehead atoms. The molecular formula is C21H16Cl2F3N3O2. The average Bonchev–Trinajstić information content (AvgIpc) is 3.19. The fraction of sp³-hybridized carbons (Fsp3) is 0.238. The van der Waals surface area contributed by atoms with E-state index in [-0.39, 0.29) is 11.3 Å². The molecule has 162 valence electrons. The Bertz CT molecular complexity index is 1110. The minimum atomic E-state index is -4.82. The van der Waals surface area contributed by atoms with Crippen LogP contribution in [0.1, 0.15) is 16.4 Å². The Hall–Kier alpha value is -2.71. The molecule has 0 unspecified atom stereocenters. The van der Waals surface area contributed by atoms with E-state index in [1.54, 1.807) is 18.2 Å². The molecule has 1 fully saturated rings. The van der Waals surface area contributed by atoms with Crippen LogP contribution in [0.4, 0.5) is 18.9 Å². The van der Waals surface area contributed by atoms with Crippen molar-refractivity contribution in [1.29, 1.82) is 0 Å². The van der Waals surface area contributed by atoms with Gasteiger partial charge in [-0.3, -0.25) is 4.79 Å². The number of benzene rings is 2. The van der Waals surface area contributed by atoms with Gasteiger partial charge in [0.05, 0.1) is 0 Å². The lowest BCUT2D eigenvalue weighted by molar-refractivity contribution is -0.157. The summed E-state index contributed by atoms with van der Waals surface area (Å²) in [5.74, 6) is -2.57. The Morgan fingerprint density at radius 1 is 0.968 bits per heavy atom. The standard InChI is InChI=1S/C21H16Cl2F3N3O2/c22-14-4-1-3-13(11-14)17-18(31-20(27-17)21(24,25)26)19(30)29-9-7-28(8-10-29)16-6-2-5-15(23)12-16/h1-6,11-12H,7-10H2. The molecule has 0 atom stereocenters. The summed E-state index contributed by atoms with van der Waals surface area (Å²) in [7, 11) is 0. The third kappa shape index (κ3) is 4.65. The van der Waals surface area contributed by atoms with E-state index in [2.05, 4.69) is 9.88 Å². The lowest BCUT2D eigenvalue weighted by atomic mass is 10.1. The summed E-state index contributed by atoms with van der Waals surface area (Å²) in [6.45, 7) is 1.61. The zero-order chi connectivity index (χ0) is 22.2. The smallest absolute Gasteiger partial charge is 0.427 e. The van der Waals surface area contributed by atoms with E-state index in [0.717, 1.165) is 5.69 Å². The summed E-state index contributed by atoms with van der Waals surface area (Å²) in [6.07, 6.45) is -4.82. The van der Waals surface area contributed by atoms with Gasteiger partial charge < -0.3 is 14.2 Å². The molecule has 0 aliphatic carbocycles. The molecule has 5 nitrogen and oxygen atoms in total. The summed E-state index contributed by atoms with van der Waals surface area (Å²) in [6, 6.07) is 13.4. The predicted octanol–water partition coefficient (Wildman–Crippen LogP) is 5.63. The Morgan fingerprint density at radius 3 is 2.23 bits per heavy atom. The second-order valence-corrected chi connectivity index (χ2v) is 7.84. The van der Waals surface area contributed by atoms with Gasteiger partial charge in [-0.2, -0.15) is 13.2 Å². The minimum Gasteiger partial charge on any atom is -0.427 e. The van der Waals surface area contributed by atoms with Gasteiger partial charge in [0, 0.05) is 47.5 Å². The molecule has 4 rings (SSSR count). The maximum absolute atomic E-state index is 13.2. The minimum absolute atomic E-state index is 0.183. The first-order valence-corrected chi connectivity index (χ1v) is 10.1. The van der Waals surface area contributed by atoms with Crippen LogP contribution in [-0.4, -0.2) is 42.0 Å². The second-order valence-electron chi connectivity index (χ2n) is 6.96. The third-order valence-electron chi connectivity index (χ3n) is 4.90. The van der Waals surface area contributed by atoms with Gasteiger partial charge in [0.1, 0.15) is 5.69 Å². The van der Waals surface area contributed by atoms with E-state index in [9.17, 15) is 18.0 Å². The van der Waals surface area contributed by atoms with E-state index in [1.165, 1.54) is 17.0 Å². The van der Waals surface area contributed by atoms with E-state index < -0.39 is 23.7 Å². The van der Waals surface area contributed by atoms with Gasteiger partial charge >= 0.3 is 12.1 Å². The van der Waals surface area contributed by atoms with Gasteiger partial charge in [-0.1, -0.05) is 41.4 Å². The summed E-state index contributed by atoms with van der Waals surface area (Å²) in [5, 5.41) is 0.908. The van der Waals surface area contributed by atoms with Crippen molar-refractivity contribution < 1.29 is 22.4 Å². The Balaban J connectivity index is 1.59. The Labute approximate surface area is 186 Å². The van der Waals surface area contributed by atoms with Crippen LogP contribution >= 0.6 is 23.2 Å². The Morgan fingerprint density at radius 2 is 1.61 bits per heavy atom. The van der Waals surface area contributed by atoms with Crippen molar-refractivity contribution in [2.24, 2.45) is 0 Å². The number of hydrogen-bond acceptors (Lipinski definition) is 4. The normalized spacial score (nSPS) is 14.7. The maximum atomic E-state index is 13.2. The number of alkyl halides is 3. The summed E-state index contributed by atoms with van der Waals surface area (Å²) in [4.78, 5) is 20.1. The number of halogens is 5. The molecule has 1 saturated heterocycles. The molecule has 0 N–H and O–H groups in total. The Kier molecular flexibility index (Phi) is 5.85. The molecule has 0 saturated carbocycles. The number of piperazine rings is 1. The molecule has 2 aromatic carbocycles. The molecule has 1 aliphatic heterocycles. The zero-order valence-corrected chi connectivity index (χ0v) is 17.5. The van der Waals surface area contributed by atoms with Gasteiger partial charge in [-0.05, 0) is 30.3 Å². The highest BCUT2D eigenvalue weighted by Gasteiger charge is 2.40. The first kappa shape index (κ1) is 21.5. The highest BCUT2D eigenvalue weighted by molar-refractivity contribution is 6.31. The van der Waals surface area contributed by atoms with Crippen molar-refractivity contribution in [2.75, 3.05) is 31.1 Å². The van der Waals surface area contributed by atoms with Crippen LogP contribution in [0.3, 0.4) is 0 Å². The number of nitrogens with zero attached hydrogens (tertiary/aromatic N) is 3. The van der Waals surface area contributed by atoms with Gasteiger partial charge in [0.15, 0.2) is 0 Å². The number of aromatic nitrogens is 1. The largest absolute Gasteiger partial charge is 0.468 e. The number of rotatable bonds is 3. The third-order valence-corrected chi connectivity index (χ3v) is 5.37. The van der Waals surface area contributed by atoms with Crippen molar-refractivity contribution in [3.05, 3.63) is 70.2 Å². The molecule has 31 heavy (non-hydrogen) atoms. The lowest BCUT2D eigenvalue weighted by Crippen LogP contribution is -2.48. The first-order chi connectivity index (χ1) is 14.7. The molecule has 0 spiro atoms. The first-order valence-electron chi connectivity index (χ1n) is 9.36. The monoisotopic (exact) mass is 469 g/mol. The maximum Gasteiger partial charge on any atom is 0.468 e. The number of carbonyl (C=O) groups excluding carboxylic acids is 1. The van der Waals surface area contributed by atoms with Crippen molar-refractivity contribution >= 4 is 34.8 Å². The SMILES string of the molecule is O=C(c1oc(C(F)(F)F)nc1-c1cccc(Cl)c1)N1CCN(c2cccc(Cl)c2)CC1. The van der Waals surface area contributed by atoms with Gasteiger partial charge in [0.2, 0.25) is 5.76 Å². The number of hydrogen-bond donors (Lipinski definition) is 0. The number of carbonyl (C=O) groups is 1. The van der Waals surface area contributed by atoms with Crippen molar-refractivity contribution in [1.82, 2.24) is 9.88 Å². The van der Waals surface area contributed by atoms with E-state index in [1.807, 2.05) is 18.2 Å². The highest BCUT2D eigenvalue weighted by Crippen LogP contribution is 2.35. The van der Waals surface area contributed by atoms with Crippen LogP contribution in [0.15, 0.2) is 52.9 Å². The van der Waals surface area contributed by atoms with Crippen LogP contribution in [0.25, 0.3) is 11.3 Å². The van der Waals surface area contributed by atoms with Crippen molar-refractivity contribution in [2.45, 2.75) is 6.18 Å². The van der Waals surface area contributed by atoms with Gasteiger partial charge in [-0.25, -0.2) is 4.98 Å². The number of anilines is 1. The van der Waals surface area contributed by atoms with Crippen LogP contribution < -0.4 is 4.90 Å². The number of amides is 1. The van der Waals surface area contributed by atoms with Crippen LogP contribution in [-0.2, 0) is 6.18 Å². The molecule has 1 amide bonds. The molecule has 3 aromatic rings. The van der Waals surface area contributed by atoms with Crippen molar-refractivity contribution in [3.8, 4) is 11.3 Å². The fourth-order valence-electron chi connectivity index (χ4n) is 3.40. The lowest BCUT2D eigenvalue weighted by Gasteiger charge is -2.35. The van der Waals surface area contributed by atoms with E-state index in [4.69, 9.17) is 27.6 Å². The molecular weight excluding hydrogens is 454 g/mol. The molecule has 10 heteroatoms. The fourth-order valence-corrected chi connectivity index (χ4v) is 3.78. The van der Waals surface area contributed by atoms with E-state index in [0.29, 0.717) is 36.2 Å². The second kappa shape index (κ2) is 8.43. The molecule has 2 heterocycles. The van der Waals surface area contributed by atoms with Gasteiger partial charge in [0.25, 0.3) is 5.91 Å². The topological polar surface area (TPSA) is 49.6 Å². The summed E-state index contributed by atoms with van der Waals surface area (Å²) in [5.41, 5.74) is 1.00. The van der Waals surface area contributed by atoms with Gasteiger partial charge in [-0.15, -0.1) is 0 Å². The quantitative estimate of drug-likeness (QED) is 0.498.